The molecule has 0 aromatic heterocycles. The molecule has 4 aromatic carbocycles. The van der Waals surface area contributed by atoms with E-state index in [0.29, 0.717) is 11.4 Å². The molecule has 1 heterocycles. The second kappa shape index (κ2) is 13.5. The zero-order chi connectivity index (χ0) is 36.2. The van der Waals surface area contributed by atoms with Crippen LogP contribution in [0.5, 0.6) is 0 Å². The van der Waals surface area contributed by atoms with Crippen molar-refractivity contribution in [3.05, 3.63) is 127 Å². The fraction of sp³-hybridized carbons (Fsp3) is 0.324. The van der Waals surface area contributed by atoms with Gasteiger partial charge in [0, 0.05) is 11.1 Å². The molecule has 12 heteroatoms. The lowest BCUT2D eigenvalue weighted by atomic mass is 9.91. The van der Waals surface area contributed by atoms with Crippen molar-refractivity contribution in [2.45, 2.75) is 79.3 Å². The normalized spacial score (nSPS) is 16.2. The van der Waals surface area contributed by atoms with Gasteiger partial charge in [-0.2, -0.15) is 0 Å². The molecule has 0 radical (unpaired) electrons. The van der Waals surface area contributed by atoms with Gasteiger partial charge in [0.2, 0.25) is 18.0 Å². The zero-order valence-electron chi connectivity index (χ0n) is 27.5. The van der Waals surface area contributed by atoms with Crippen molar-refractivity contribution in [2.24, 2.45) is 0 Å². The smallest absolute Gasteiger partial charge is 0.226 e. The molecule has 2 nitrogen and oxygen atoms in total. The molecule has 2 unspecified atom stereocenters. The molecule has 0 spiro atoms. The molecule has 0 saturated heterocycles. The summed E-state index contributed by atoms with van der Waals surface area (Å²) in [5.74, 6) is -20.9. The van der Waals surface area contributed by atoms with Crippen LogP contribution in [0.3, 0.4) is 0 Å². The Balaban J connectivity index is 1.70. The second-order valence-corrected chi connectivity index (χ2v) is 12.7. The van der Waals surface area contributed by atoms with Gasteiger partial charge >= 0.3 is 0 Å². The van der Waals surface area contributed by atoms with E-state index in [1.165, 1.54) is 0 Å². The van der Waals surface area contributed by atoms with Crippen LogP contribution in [0.1, 0.15) is 57.3 Å². The third-order valence-corrected chi connectivity index (χ3v) is 9.18. The van der Waals surface area contributed by atoms with E-state index in [9.17, 15) is 43.9 Å². The molecule has 260 valence electrons. The van der Waals surface area contributed by atoms with Crippen molar-refractivity contribution in [1.82, 2.24) is 0 Å². The summed E-state index contributed by atoms with van der Waals surface area (Å²) < 4.78 is 146. The molecule has 1 aliphatic heterocycles. The van der Waals surface area contributed by atoms with Crippen LogP contribution in [-0.4, -0.2) is 23.0 Å². The first-order valence-electron chi connectivity index (χ1n) is 15.5. The minimum absolute atomic E-state index is 0.232. The Morgan fingerprint density at radius 2 is 0.837 bits per heavy atom. The summed E-state index contributed by atoms with van der Waals surface area (Å²) in [5, 5.41) is 0. The molecule has 0 bridgehead atoms. The van der Waals surface area contributed by atoms with Crippen LogP contribution in [-0.2, 0) is 12.8 Å². The topological polar surface area (TPSA) is 6.25 Å². The van der Waals surface area contributed by atoms with Crippen LogP contribution in [0.15, 0.2) is 24.3 Å². The first kappa shape index (κ1) is 35.9. The molecule has 5 rings (SSSR count). The molecule has 4 aromatic rings. The summed E-state index contributed by atoms with van der Waals surface area (Å²) in [6.45, 7) is 11.1. The van der Waals surface area contributed by atoms with Gasteiger partial charge in [0.15, 0.2) is 46.5 Å². The Morgan fingerprint density at radius 3 is 1.24 bits per heavy atom. The fourth-order valence-corrected chi connectivity index (χ4v) is 7.27. The van der Waals surface area contributed by atoms with Crippen molar-refractivity contribution >= 4 is 17.7 Å². The molecule has 1 aliphatic rings. The van der Waals surface area contributed by atoms with Gasteiger partial charge in [0.05, 0.1) is 0 Å². The maximum atomic E-state index is 14.9. The Hall–Kier alpha value is -4.35. The lowest BCUT2D eigenvalue weighted by Gasteiger charge is -2.26. The quantitative estimate of drug-likeness (QED) is 0.0770. The van der Waals surface area contributed by atoms with Crippen molar-refractivity contribution in [1.29, 1.82) is 0 Å². The summed E-state index contributed by atoms with van der Waals surface area (Å²) in [6.07, 6.45) is -0.0254. The van der Waals surface area contributed by atoms with Crippen LogP contribution < -0.4 is 4.90 Å². The van der Waals surface area contributed by atoms with Gasteiger partial charge in [0.1, 0.15) is 23.5 Å². The average molecular weight is 696 g/mol. The maximum absolute atomic E-state index is 14.9. The summed E-state index contributed by atoms with van der Waals surface area (Å²) in [4.78, 5) is 1.79. The fourth-order valence-electron chi connectivity index (χ4n) is 7.27. The lowest BCUT2D eigenvalue weighted by molar-refractivity contribution is -0.476. The van der Waals surface area contributed by atoms with Gasteiger partial charge in [-0.1, -0.05) is 35.4 Å². The van der Waals surface area contributed by atoms with E-state index in [2.05, 4.69) is 0 Å². The largest absolute Gasteiger partial charge is 0.245 e. The van der Waals surface area contributed by atoms with E-state index in [-0.39, 0.29) is 12.8 Å². The van der Waals surface area contributed by atoms with Gasteiger partial charge in [-0.3, -0.25) is 0 Å². The molecule has 49 heavy (non-hydrogen) atoms. The van der Waals surface area contributed by atoms with Crippen molar-refractivity contribution < 1.29 is 48.5 Å². The summed E-state index contributed by atoms with van der Waals surface area (Å²) >= 11 is 0. The monoisotopic (exact) mass is 695 g/mol. The lowest BCUT2D eigenvalue weighted by Crippen LogP contribution is -2.40. The standard InChI is InChI=1S/C37H33F10N2/c1-16-11-18(3)36(19(4)12-16)48-15-49(37-20(5)13-17(2)14-21(37)6)25(10-8-23-28(40)32(44)35(47)33(45)29(23)41)24(48)9-7-22-26(38)30(42)34(46)31(43)27(22)39/h11-15,24-25H,7-10H2,1-6H3/q+1. The average Bonchev–Trinajstić information content (AvgIpc) is 3.36. The molecule has 2 atom stereocenters. The predicted octanol–water partition coefficient (Wildman–Crippen LogP) is 10.1. The van der Waals surface area contributed by atoms with E-state index in [1.54, 1.807) is 15.8 Å². The van der Waals surface area contributed by atoms with Crippen LogP contribution in [0.25, 0.3) is 0 Å². The van der Waals surface area contributed by atoms with Crippen molar-refractivity contribution in [3.8, 4) is 0 Å². The minimum atomic E-state index is -2.29. The van der Waals surface area contributed by atoms with Gasteiger partial charge < -0.3 is 0 Å². The molecular formula is C37H33F10N2+. The summed E-state index contributed by atoms with van der Waals surface area (Å²) in [7, 11) is 0. The van der Waals surface area contributed by atoms with E-state index >= 15 is 0 Å². The van der Waals surface area contributed by atoms with Crippen LogP contribution in [0.2, 0.25) is 0 Å². The Kier molecular flexibility index (Phi) is 9.91. The number of halogens is 10. The number of hydrogen-bond acceptors (Lipinski definition) is 1. The highest BCUT2D eigenvalue weighted by Crippen LogP contribution is 2.39. The second-order valence-electron chi connectivity index (χ2n) is 12.7. The summed E-state index contributed by atoms with van der Waals surface area (Å²) in [6, 6.07) is 5.88. The van der Waals surface area contributed by atoms with Gasteiger partial charge in [-0.15, -0.1) is 0 Å². The SMILES string of the molecule is Cc1cc(C)c(N2C=[N+](c3c(C)cc(C)cc3C)C(CCc3c(F)c(F)c(F)c(F)c3F)C2CCc2c(F)c(F)c(F)c(F)c2F)c(C)c1. The number of nitrogens with zero attached hydrogens (tertiary/aromatic N) is 2. The number of hydrogen-bond donors (Lipinski definition) is 0. The summed E-state index contributed by atoms with van der Waals surface area (Å²) in [5.41, 5.74) is 4.27. The highest BCUT2D eigenvalue weighted by atomic mass is 19.2. The Labute approximate surface area is 277 Å². The van der Waals surface area contributed by atoms with Crippen LogP contribution >= 0.6 is 0 Å². The van der Waals surface area contributed by atoms with E-state index in [4.69, 9.17) is 0 Å². The predicted molar refractivity (Wildman–Crippen MR) is 166 cm³/mol. The highest BCUT2D eigenvalue weighted by Gasteiger charge is 2.46. The molecule has 0 amide bonds. The van der Waals surface area contributed by atoms with Gasteiger partial charge in [-0.05, 0) is 89.5 Å². The number of rotatable bonds is 8. The maximum Gasteiger partial charge on any atom is 0.245 e. The van der Waals surface area contributed by atoms with Crippen LogP contribution in [0, 0.1) is 99.7 Å². The molecule has 0 saturated carbocycles. The van der Waals surface area contributed by atoms with E-state index in [1.807, 2.05) is 65.8 Å². The number of aryl methyl sites for hydroxylation is 6. The Morgan fingerprint density at radius 1 is 0.490 bits per heavy atom. The first-order valence-corrected chi connectivity index (χ1v) is 15.5. The third-order valence-electron chi connectivity index (χ3n) is 9.18. The van der Waals surface area contributed by atoms with Gasteiger partial charge in [-0.25, -0.2) is 53.4 Å². The van der Waals surface area contributed by atoms with Crippen molar-refractivity contribution in [2.75, 3.05) is 4.90 Å². The number of anilines is 1. The molecule has 0 fully saturated rings. The molecule has 0 aliphatic carbocycles. The molecule has 0 N–H and O–H groups in total. The van der Waals surface area contributed by atoms with Gasteiger partial charge in [0.25, 0.3) is 0 Å². The van der Waals surface area contributed by atoms with E-state index in [0.717, 1.165) is 33.4 Å². The number of benzene rings is 4. The zero-order valence-corrected chi connectivity index (χ0v) is 27.5. The minimum Gasteiger partial charge on any atom is -0.226 e. The first-order chi connectivity index (χ1) is 23.0. The van der Waals surface area contributed by atoms with E-state index < -0.39 is 94.2 Å². The highest BCUT2D eigenvalue weighted by molar-refractivity contribution is 5.83. The molecular weight excluding hydrogens is 662 g/mol. The van der Waals surface area contributed by atoms with Crippen LogP contribution in [0.4, 0.5) is 55.3 Å². The third kappa shape index (κ3) is 6.30. The Bertz CT molecular complexity index is 1920. The van der Waals surface area contributed by atoms with Crippen molar-refractivity contribution in [3.63, 3.8) is 0 Å².